The molecular weight excluding hydrogens is 485 g/mol. The van der Waals surface area contributed by atoms with Gasteiger partial charge in [0.25, 0.3) is 11.8 Å². The Labute approximate surface area is 195 Å². The third-order valence-electron chi connectivity index (χ3n) is 4.82. The number of thioether (sulfide) groups is 1. The topological polar surface area (TPSA) is 58.6 Å². The van der Waals surface area contributed by atoms with Gasteiger partial charge in [0.1, 0.15) is 4.32 Å². The minimum atomic E-state index is -4.41. The van der Waals surface area contributed by atoms with Gasteiger partial charge in [0.2, 0.25) is 0 Å². The molecule has 0 unspecified atom stereocenters. The number of ether oxygens (including phenoxy) is 1. The van der Waals surface area contributed by atoms with Crippen molar-refractivity contribution in [2.75, 3.05) is 18.1 Å². The summed E-state index contributed by atoms with van der Waals surface area (Å²) in [4.78, 5) is 26.4. The Kier molecular flexibility index (Phi) is 6.19. The minimum absolute atomic E-state index is 0.202. The number of hydrogen-bond donors (Lipinski definition) is 1. The van der Waals surface area contributed by atoms with E-state index in [1.807, 2.05) is 0 Å². The van der Waals surface area contributed by atoms with E-state index >= 15 is 0 Å². The highest BCUT2D eigenvalue weighted by Crippen LogP contribution is 2.41. The van der Waals surface area contributed by atoms with Crippen LogP contribution in [0.3, 0.4) is 0 Å². The molecule has 2 aliphatic rings. The lowest BCUT2D eigenvalue weighted by Gasteiger charge is -2.30. The minimum Gasteiger partial charge on any atom is -0.480 e. The second-order valence-electron chi connectivity index (χ2n) is 6.98. The van der Waals surface area contributed by atoms with Gasteiger partial charge in [-0.1, -0.05) is 47.7 Å². The quantitative estimate of drug-likeness (QED) is 0.484. The maximum atomic E-state index is 12.8. The zero-order chi connectivity index (χ0) is 23.0. The number of rotatable bonds is 4. The zero-order valence-electron chi connectivity index (χ0n) is 16.2. The number of carbonyl (C=O) groups is 2. The highest BCUT2D eigenvalue weighted by Gasteiger charge is 2.31. The Hall–Kier alpha value is -2.56. The standard InChI is InChI=1S/C21H14ClF3N2O3S2/c22-14-7-12(9-16-19(29)26-20(31)32-16)8-15-18(14)30-10-17(28)27(15)6-5-11-1-3-13(4-2-11)21(23,24)25/h1-4,7-9H,5-6,10H2,(H,26,29,31). The molecule has 11 heteroatoms. The monoisotopic (exact) mass is 498 g/mol. The first-order valence-electron chi connectivity index (χ1n) is 9.29. The lowest BCUT2D eigenvalue weighted by molar-refractivity contribution is -0.137. The summed E-state index contributed by atoms with van der Waals surface area (Å²) in [6, 6.07) is 8.10. The molecule has 0 aromatic heterocycles. The predicted octanol–water partition coefficient (Wildman–Crippen LogP) is 4.82. The van der Waals surface area contributed by atoms with Gasteiger partial charge in [0.15, 0.2) is 12.4 Å². The van der Waals surface area contributed by atoms with Crippen LogP contribution < -0.4 is 15.0 Å². The molecule has 2 heterocycles. The molecule has 2 aliphatic heterocycles. The van der Waals surface area contributed by atoms with Crippen molar-refractivity contribution in [3.05, 3.63) is 63.0 Å². The summed E-state index contributed by atoms with van der Waals surface area (Å²) < 4.78 is 44.1. The van der Waals surface area contributed by atoms with E-state index in [9.17, 15) is 22.8 Å². The van der Waals surface area contributed by atoms with Gasteiger partial charge < -0.3 is 15.0 Å². The van der Waals surface area contributed by atoms with E-state index in [1.54, 1.807) is 18.2 Å². The third kappa shape index (κ3) is 4.77. The predicted molar refractivity (Wildman–Crippen MR) is 121 cm³/mol. The molecule has 1 saturated heterocycles. The van der Waals surface area contributed by atoms with Crippen LogP contribution in [0.15, 0.2) is 41.3 Å². The number of benzene rings is 2. The van der Waals surface area contributed by atoms with Crippen LogP contribution in [0.2, 0.25) is 5.02 Å². The fraction of sp³-hybridized carbons (Fsp3) is 0.190. The second kappa shape index (κ2) is 8.76. The smallest absolute Gasteiger partial charge is 0.416 e. The number of alkyl halides is 3. The molecule has 2 aromatic carbocycles. The maximum Gasteiger partial charge on any atom is 0.416 e. The van der Waals surface area contributed by atoms with Crippen LogP contribution in [0.25, 0.3) is 6.08 Å². The Balaban J connectivity index is 1.59. The maximum absolute atomic E-state index is 12.8. The van der Waals surface area contributed by atoms with Crippen LogP contribution in [-0.2, 0) is 22.2 Å². The van der Waals surface area contributed by atoms with Gasteiger partial charge in [-0.15, -0.1) is 0 Å². The van der Waals surface area contributed by atoms with Crippen LogP contribution in [0.1, 0.15) is 16.7 Å². The Morgan fingerprint density at radius 1 is 1.22 bits per heavy atom. The van der Waals surface area contributed by atoms with Crippen molar-refractivity contribution >= 4 is 63.5 Å². The van der Waals surface area contributed by atoms with Crippen LogP contribution in [0.4, 0.5) is 18.9 Å². The fourth-order valence-electron chi connectivity index (χ4n) is 3.29. The fourth-order valence-corrected chi connectivity index (χ4v) is 4.61. The first-order valence-corrected chi connectivity index (χ1v) is 10.9. The zero-order valence-corrected chi connectivity index (χ0v) is 18.6. The van der Waals surface area contributed by atoms with Crippen LogP contribution in [-0.4, -0.2) is 29.3 Å². The van der Waals surface area contributed by atoms with E-state index in [2.05, 4.69) is 5.32 Å². The van der Waals surface area contributed by atoms with E-state index in [1.165, 1.54) is 17.0 Å². The van der Waals surface area contributed by atoms with Gasteiger partial charge in [-0.25, -0.2) is 0 Å². The van der Waals surface area contributed by atoms with Crippen molar-refractivity contribution in [3.63, 3.8) is 0 Å². The number of halogens is 4. The van der Waals surface area contributed by atoms with Gasteiger partial charge >= 0.3 is 6.18 Å². The number of thiocarbonyl (C=S) groups is 1. The molecule has 166 valence electrons. The van der Waals surface area contributed by atoms with Gasteiger partial charge in [-0.3, -0.25) is 9.59 Å². The molecule has 0 saturated carbocycles. The molecule has 0 radical (unpaired) electrons. The average Bonchev–Trinajstić information content (AvgIpc) is 3.03. The highest BCUT2D eigenvalue weighted by molar-refractivity contribution is 8.26. The summed E-state index contributed by atoms with van der Waals surface area (Å²) in [5, 5.41) is 2.80. The normalized spacial score (nSPS) is 17.4. The van der Waals surface area contributed by atoms with Gasteiger partial charge in [-0.2, -0.15) is 13.2 Å². The number of amides is 2. The van der Waals surface area contributed by atoms with Crippen LogP contribution >= 0.6 is 35.6 Å². The number of nitrogens with one attached hydrogen (secondary N) is 1. The Bertz CT molecular complexity index is 1150. The molecule has 5 nitrogen and oxygen atoms in total. The molecule has 32 heavy (non-hydrogen) atoms. The average molecular weight is 499 g/mol. The summed E-state index contributed by atoms with van der Waals surface area (Å²) >= 11 is 12.5. The van der Waals surface area contributed by atoms with Crippen molar-refractivity contribution in [1.29, 1.82) is 0 Å². The van der Waals surface area contributed by atoms with Crippen LogP contribution in [0, 0.1) is 0 Å². The van der Waals surface area contributed by atoms with E-state index in [0.717, 1.165) is 23.9 Å². The molecule has 1 fully saturated rings. The lowest BCUT2D eigenvalue weighted by Crippen LogP contribution is -2.40. The second-order valence-corrected chi connectivity index (χ2v) is 9.11. The van der Waals surface area contributed by atoms with Gasteiger partial charge in [0, 0.05) is 6.54 Å². The first-order chi connectivity index (χ1) is 15.1. The molecule has 4 rings (SSSR count). The van der Waals surface area contributed by atoms with Crippen molar-refractivity contribution in [2.24, 2.45) is 0 Å². The van der Waals surface area contributed by atoms with Crippen molar-refractivity contribution < 1.29 is 27.5 Å². The van der Waals surface area contributed by atoms with Crippen molar-refractivity contribution in [2.45, 2.75) is 12.6 Å². The largest absolute Gasteiger partial charge is 0.480 e. The van der Waals surface area contributed by atoms with Gasteiger partial charge in [-0.05, 0) is 47.9 Å². The molecule has 2 amide bonds. The number of nitrogens with zero attached hydrogens (tertiary/aromatic N) is 1. The highest BCUT2D eigenvalue weighted by atomic mass is 35.5. The van der Waals surface area contributed by atoms with Crippen molar-refractivity contribution in [3.8, 4) is 5.75 Å². The first kappa shape index (κ1) is 22.6. The van der Waals surface area contributed by atoms with Gasteiger partial charge in [0.05, 0.1) is 21.2 Å². The molecule has 0 bridgehead atoms. The molecular formula is C21H14ClF3N2O3S2. The summed E-state index contributed by atoms with van der Waals surface area (Å²) in [7, 11) is 0. The molecule has 2 aromatic rings. The number of anilines is 1. The molecule has 0 spiro atoms. The summed E-state index contributed by atoms with van der Waals surface area (Å²) in [6.45, 7) is 0.0168. The number of hydrogen-bond acceptors (Lipinski definition) is 5. The number of fused-ring (bicyclic) bond motifs is 1. The Morgan fingerprint density at radius 3 is 2.56 bits per heavy atom. The van der Waals surface area contributed by atoms with Crippen LogP contribution in [0.5, 0.6) is 5.75 Å². The van der Waals surface area contributed by atoms with E-state index in [-0.39, 0.29) is 30.0 Å². The number of carbonyl (C=O) groups excluding carboxylic acids is 2. The summed E-state index contributed by atoms with van der Waals surface area (Å²) in [6.07, 6.45) is -2.46. The van der Waals surface area contributed by atoms with Crippen molar-refractivity contribution in [1.82, 2.24) is 5.32 Å². The van der Waals surface area contributed by atoms with E-state index in [4.69, 9.17) is 28.6 Å². The lowest BCUT2D eigenvalue weighted by atomic mass is 10.1. The third-order valence-corrected chi connectivity index (χ3v) is 6.27. The van der Waals surface area contributed by atoms with E-state index in [0.29, 0.717) is 38.2 Å². The molecule has 0 aliphatic carbocycles. The van der Waals surface area contributed by atoms with E-state index < -0.39 is 11.7 Å². The molecule has 1 N–H and O–H groups in total. The SMILES string of the molecule is O=C1NC(=S)SC1=Cc1cc(Cl)c2c(c1)N(CCc1ccc(C(F)(F)F)cc1)C(=O)CO2. The Morgan fingerprint density at radius 2 is 1.94 bits per heavy atom. The molecule has 0 atom stereocenters. The summed E-state index contributed by atoms with van der Waals surface area (Å²) in [5.74, 6) is -0.292. The summed E-state index contributed by atoms with van der Waals surface area (Å²) in [5.41, 5.74) is 0.926.